The quantitative estimate of drug-likeness (QED) is 0.809. The fraction of sp³-hybridized carbons (Fsp3) is 0.667. The third-order valence-electron chi connectivity index (χ3n) is 2.91. The standard InChI is InChI=1S/C12H19NO2/c1-10(12-5-3-9-15-12)13-7-6-11-4-2-8-14-11/h3,5,9-11,13H,2,4,6-8H2,1H3/t10-,11?/m0/s1. The van der Waals surface area contributed by atoms with Gasteiger partial charge in [0.05, 0.1) is 18.4 Å². The van der Waals surface area contributed by atoms with Crippen LogP contribution < -0.4 is 5.32 Å². The zero-order valence-electron chi connectivity index (χ0n) is 9.24. The van der Waals surface area contributed by atoms with Gasteiger partial charge in [0, 0.05) is 6.61 Å². The van der Waals surface area contributed by atoms with Crippen LogP contribution in [0.2, 0.25) is 0 Å². The van der Waals surface area contributed by atoms with Gasteiger partial charge in [-0.2, -0.15) is 0 Å². The number of furan rings is 1. The van der Waals surface area contributed by atoms with Crippen LogP contribution in [0.15, 0.2) is 22.8 Å². The van der Waals surface area contributed by atoms with E-state index in [0.717, 1.165) is 25.3 Å². The molecule has 1 saturated heterocycles. The van der Waals surface area contributed by atoms with Gasteiger partial charge < -0.3 is 14.5 Å². The molecule has 0 aliphatic carbocycles. The van der Waals surface area contributed by atoms with E-state index in [9.17, 15) is 0 Å². The van der Waals surface area contributed by atoms with Gasteiger partial charge in [-0.25, -0.2) is 0 Å². The molecule has 1 aliphatic heterocycles. The summed E-state index contributed by atoms with van der Waals surface area (Å²) in [5, 5.41) is 3.44. The van der Waals surface area contributed by atoms with E-state index in [2.05, 4.69) is 12.2 Å². The Morgan fingerprint density at radius 3 is 3.20 bits per heavy atom. The summed E-state index contributed by atoms with van der Waals surface area (Å²) in [6.45, 7) is 4.05. The van der Waals surface area contributed by atoms with Crippen LogP contribution in [0.4, 0.5) is 0 Å². The summed E-state index contributed by atoms with van der Waals surface area (Å²) in [4.78, 5) is 0. The molecule has 0 amide bonds. The van der Waals surface area contributed by atoms with Crippen molar-refractivity contribution in [3.05, 3.63) is 24.2 Å². The first-order chi connectivity index (χ1) is 7.36. The van der Waals surface area contributed by atoms with Crippen molar-refractivity contribution in [2.45, 2.75) is 38.3 Å². The fourth-order valence-corrected chi connectivity index (χ4v) is 1.97. The minimum absolute atomic E-state index is 0.293. The normalized spacial score (nSPS) is 23.1. The van der Waals surface area contributed by atoms with Gasteiger partial charge >= 0.3 is 0 Å². The third-order valence-corrected chi connectivity index (χ3v) is 2.91. The summed E-state index contributed by atoms with van der Waals surface area (Å²) in [7, 11) is 0. The van der Waals surface area contributed by atoms with Gasteiger partial charge in [-0.3, -0.25) is 0 Å². The fourth-order valence-electron chi connectivity index (χ4n) is 1.97. The van der Waals surface area contributed by atoms with E-state index in [1.807, 2.05) is 12.1 Å². The highest BCUT2D eigenvalue weighted by molar-refractivity contribution is 5.02. The van der Waals surface area contributed by atoms with Crippen LogP contribution in [0.5, 0.6) is 0 Å². The SMILES string of the molecule is C[C@H](NCCC1CCCO1)c1ccco1. The topological polar surface area (TPSA) is 34.4 Å². The second-order valence-corrected chi connectivity index (χ2v) is 4.11. The monoisotopic (exact) mass is 209 g/mol. The molecule has 0 radical (unpaired) electrons. The van der Waals surface area contributed by atoms with E-state index >= 15 is 0 Å². The first kappa shape index (κ1) is 10.7. The number of nitrogens with one attached hydrogen (secondary N) is 1. The lowest BCUT2D eigenvalue weighted by molar-refractivity contribution is 0.103. The molecule has 2 heterocycles. The summed E-state index contributed by atoms with van der Waals surface area (Å²) < 4.78 is 10.9. The van der Waals surface area contributed by atoms with E-state index in [1.54, 1.807) is 6.26 Å². The molecule has 0 saturated carbocycles. The molecule has 3 nitrogen and oxygen atoms in total. The summed E-state index contributed by atoms with van der Waals surface area (Å²) in [6, 6.07) is 4.22. The lowest BCUT2D eigenvalue weighted by atomic mass is 10.1. The molecule has 1 unspecified atom stereocenters. The highest BCUT2D eigenvalue weighted by Crippen LogP contribution is 2.16. The number of rotatable bonds is 5. The summed E-state index contributed by atoms with van der Waals surface area (Å²) in [5.74, 6) is 1.00. The molecule has 1 fully saturated rings. The van der Waals surface area contributed by atoms with Crippen molar-refractivity contribution in [3.8, 4) is 0 Å². The number of hydrogen-bond acceptors (Lipinski definition) is 3. The summed E-state index contributed by atoms with van der Waals surface area (Å²) in [6.07, 6.45) is 5.73. The highest BCUT2D eigenvalue weighted by Gasteiger charge is 2.15. The van der Waals surface area contributed by atoms with Gasteiger partial charge in [0.15, 0.2) is 0 Å². The van der Waals surface area contributed by atoms with Crippen molar-refractivity contribution in [3.63, 3.8) is 0 Å². The van der Waals surface area contributed by atoms with Crippen LogP contribution in [0.1, 0.15) is 38.0 Å². The smallest absolute Gasteiger partial charge is 0.120 e. The first-order valence-electron chi connectivity index (χ1n) is 5.74. The van der Waals surface area contributed by atoms with Crippen molar-refractivity contribution >= 4 is 0 Å². The van der Waals surface area contributed by atoms with Gasteiger partial charge in [0.1, 0.15) is 5.76 Å². The first-order valence-corrected chi connectivity index (χ1v) is 5.74. The molecule has 1 N–H and O–H groups in total. The molecule has 3 heteroatoms. The largest absolute Gasteiger partial charge is 0.468 e. The predicted octanol–water partition coefficient (Wildman–Crippen LogP) is 2.50. The van der Waals surface area contributed by atoms with Crippen molar-refractivity contribution in [1.29, 1.82) is 0 Å². The number of hydrogen-bond donors (Lipinski definition) is 1. The van der Waals surface area contributed by atoms with Crippen molar-refractivity contribution in [2.75, 3.05) is 13.2 Å². The van der Waals surface area contributed by atoms with Gasteiger partial charge in [-0.05, 0) is 44.9 Å². The summed E-state index contributed by atoms with van der Waals surface area (Å²) >= 11 is 0. The molecule has 0 bridgehead atoms. The predicted molar refractivity (Wildman–Crippen MR) is 58.7 cm³/mol. The molecule has 0 spiro atoms. The third kappa shape index (κ3) is 3.08. The molecule has 1 aliphatic rings. The maximum absolute atomic E-state index is 5.56. The minimum atomic E-state index is 0.293. The Morgan fingerprint density at radius 2 is 2.53 bits per heavy atom. The second-order valence-electron chi connectivity index (χ2n) is 4.11. The van der Waals surface area contributed by atoms with Gasteiger partial charge in [-0.15, -0.1) is 0 Å². The Balaban J connectivity index is 1.65. The molecule has 84 valence electrons. The Morgan fingerprint density at radius 1 is 1.60 bits per heavy atom. The minimum Gasteiger partial charge on any atom is -0.468 e. The van der Waals surface area contributed by atoms with Crippen molar-refractivity contribution in [2.24, 2.45) is 0 Å². The second kappa shape index (κ2) is 5.33. The number of ether oxygens (including phenoxy) is 1. The van der Waals surface area contributed by atoms with Gasteiger partial charge in [0.2, 0.25) is 0 Å². The molecule has 0 aromatic carbocycles. The summed E-state index contributed by atoms with van der Waals surface area (Å²) in [5.41, 5.74) is 0. The molecular weight excluding hydrogens is 190 g/mol. The van der Waals surface area contributed by atoms with E-state index in [4.69, 9.17) is 9.15 Å². The van der Waals surface area contributed by atoms with E-state index in [0.29, 0.717) is 12.1 Å². The van der Waals surface area contributed by atoms with Crippen LogP contribution in [-0.2, 0) is 4.74 Å². The maximum atomic E-state index is 5.56. The zero-order chi connectivity index (χ0) is 10.5. The molecule has 1 aromatic heterocycles. The van der Waals surface area contributed by atoms with Crippen molar-refractivity contribution < 1.29 is 9.15 Å². The molecule has 1 aromatic rings. The van der Waals surface area contributed by atoms with E-state index in [1.165, 1.54) is 12.8 Å². The van der Waals surface area contributed by atoms with Crippen LogP contribution in [0, 0.1) is 0 Å². The van der Waals surface area contributed by atoms with Crippen LogP contribution in [0.3, 0.4) is 0 Å². The van der Waals surface area contributed by atoms with Crippen LogP contribution in [-0.4, -0.2) is 19.3 Å². The lowest BCUT2D eigenvalue weighted by Crippen LogP contribution is -2.23. The van der Waals surface area contributed by atoms with Gasteiger partial charge in [-0.1, -0.05) is 0 Å². The lowest BCUT2D eigenvalue weighted by Gasteiger charge is -2.13. The Kier molecular flexibility index (Phi) is 3.80. The van der Waals surface area contributed by atoms with Crippen LogP contribution >= 0.6 is 0 Å². The molecule has 15 heavy (non-hydrogen) atoms. The van der Waals surface area contributed by atoms with Gasteiger partial charge in [0.25, 0.3) is 0 Å². The highest BCUT2D eigenvalue weighted by atomic mass is 16.5. The maximum Gasteiger partial charge on any atom is 0.120 e. The Hall–Kier alpha value is -0.800. The Bertz CT molecular complexity index is 265. The average molecular weight is 209 g/mol. The molecule has 2 rings (SSSR count). The van der Waals surface area contributed by atoms with E-state index in [-0.39, 0.29) is 0 Å². The zero-order valence-corrected chi connectivity index (χ0v) is 9.24. The average Bonchev–Trinajstić information content (AvgIpc) is 2.90. The van der Waals surface area contributed by atoms with E-state index < -0.39 is 0 Å². The van der Waals surface area contributed by atoms with Crippen LogP contribution in [0.25, 0.3) is 0 Å². The Labute approximate surface area is 90.8 Å². The molecular formula is C12H19NO2. The van der Waals surface area contributed by atoms with Crippen molar-refractivity contribution in [1.82, 2.24) is 5.32 Å². The molecule has 2 atom stereocenters.